The Morgan fingerprint density at radius 2 is 1.27 bits per heavy atom. The zero-order valence-electron chi connectivity index (χ0n) is 5.63. The van der Waals surface area contributed by atoms with Crippen LogP contribution < -0.4 is 0 Å². The van der Waals surface area contributed by atoms with Crippen molar-refractivity contribution >= 4 is 22.7 Å². The predicted molar refractivity (Wildman–Crippen MR) is 47.6 cm³/mol. The first-order valence-corrected chi connectivity index (χ1v) is 4.80. The summed E-state index contributed by atoms with van der Waals surface area (Å²) in [5.74, 6) is 0. The zero-order valence-corrected chi connectivity index (χ0v) is 9.01. The van der Waals surface area contributed by atoms with Crippen LogP contribution in [0.2, 0.25) is 0 Å². The van der Waals surface area contributed by atoms with Gasteiger partial charge in [0.05, 0.1) is 0 Å². The van der Waals surface area contributed by atoms with Gasteiger partial charge in [-0.25, -0.2) is 0 Å². The van der Waals surface area contributed by atoms with Crippen molar-refractivity contribution in [2.75, 3.05) is 0 Å². The van der Waals surface area contributed by atoms with E-state index in [1.165, 1.54) is 9.75 Å². The van der Waals surface area contributed by atoms with E-state index in [0.717, 1.165) is 0 Å². The fourth-order valence-corrected chi connectivity index (χ4v) is 2.42. The van der Waals surface area contributed by atoms with Crippen molar-refractivity contribution in [3.8, 4) is 9.75 Å². The fraction of sp³-hybridized carbons (Fsp3) is 0. The summed E-state index contributed by atoms with van der Waals surface area (Å²) < 4.78 is 0. The first kappa shape index (κ1) is 9.11. The minimum atomic E-state index is 0. The van der Waals surface area contributed by atoms with Crippen LogP contribution in [0.15, 0.2) is 35.0 Å². The molecule has 0 unspecified atom stereocenters. The van der Waals surface area contributed by atoms with Gasteiger partial charge >= 0.3 is 0 Å². The van der Waals surface area contributed by atoms with Gasteiger partial charge in [-0.3, -0.25) is 0 Å². The summed E-state index contributed by atoms with van der Waals surface area (Å²) in [7, 11) is 0. The van der Waals surface area contributed by atoms with Crippen molar-refractivity contribution < 1.29 is 19.5 Å². The van der Waals surface area contributed by atoms with Crippen LogP contribution in [0.25, 0.3) is 9.75 Å². The average Bonchev–Trinajstić information content (AvgIpc) is 2.59. The largest absolute Gasteiger partial charge is 0.143 e. The quantitative estimate of drug-likeness (QED) is 0.694. The molecule has 0 radical (unpaired) electrons. The van der Waals surface area contributed by atoms with Crippen LogP contribution in [0.3, 0.4) is 0 Å². The number of hydrogen-bond acceptors (Lipinski definition) is 2. The molecule has 0 aliphatic heterocycles. The first-order valence-electron chi connectivity index (χ1n) is 3.04. The van der Waals surface area contributed by atoms with E-state index in [0.29, 0.717) is 0 Å². The average molecular weight is 267 g/mol. The summed E-state index contributed by atoms with van der Waals surface area (Å²) >= 11 is 3.58. The summed E-state index contributed by atoms with van der Waals surface area (Å²) in [5.41, 5.74) is 0. The van der Waals surface area contributed by atoms with Crippen LogP contribution in [0, 0.1) is 0 Å². The van der Waals surface area contributed by atoms with E-state index >= 15 is 0 Å². The van der Waals surface area contributed by atoms with E-state index in [1.54, 1.807) is 22.7 Å². The van der Waals surface area contributed by atoms with Gasteiger partial charge in [-0.2, -0.15) is 0 Å². The Hall–Kier alpha value is 0.0234. The molecule has 0 fully saturated rings. The molecule has 2 aromatic rings. The van der Waals surface area contributed by atoms with Gasteiger partial charge in [0.25, 0.3) is 0 Å². The Labute approximate surface area is 86.7 Å². The van der Waals surface area contributed by atoms with Crippen molar-refractivity contribution in [1.82, 2.24) is 0 Å². The van der Waals surface area contributed by atoms with Gasteiger partial charge in [-0.05, 0) is 22.9 Å². The minimum Gasteiger partial charge on any atom is -0.143 e. The van der Waals surface area contributed by atoms with Gasteiger partial charge in [-0.1, -0.05) is 12.1 Å². The molecule has 0 saturated carbocycles. The maximum atomic E-state index is 2.15. The first-order chi connectivity index (χ1) is 4.97. The second-order valence-electron chi connectivity index (χ2n) is 1.95. The summed E-state index contributed by atoms with van der Waals surface area (Å²) in [5, 5.41) is 4.21. The van der Waals surface area contributed by atoms with Gasteiger partial charge in [-0.15, -0.1) is 22.7 Å². The number of thiophene rings is 2. The molecule has 2 heterocycles. The monoisotopic (exact) mass is 268 g/mol. The van der Waals surface area contributed by atoms with Crippen molar-refractivity contribution in [3.63, 3.8) is 0 Å². The van der Waals surface area contributed by atoms with E-state index in [2.05, 4.69) is 35.0 Å². The van der Waals surface area contributed by atoms with Crippen LogP contribution in [-0.2, 0) is 19.5 Å². The molecule has 0 aliphatic rings. The minimum absolute atomic E-state index is 0. The number of rotatable bonds is 1. The Morgan fingerprint density at radius 1 is 0.818 bits per heavy atom. The number of hydrogen-bond donors (Lipinski definition) is 0. The molecule has 0 nitrogen and oxygen atoms in total. The Balaban J connectivity index is 0.000000605. The molecule has 2 aromatic heterocycles. The second-order valence-corrected chi connectivity index (χ2v) is 3.85. The van der Waals surface area contributed by atoms with E-state index in [9.17, 15) is 0 Å². The van der Waals surface area contributed by atoms with Gasteiger partial charge in [0, 0.05) is 29.2 Å². The maximum Gasteiger partial charge on any atom is 0.0442 e. The van der Waals surface area contributed by atoms with Crippen LogP contribution in [-0.4, -0.2) is 0 Å². The molecule has 0 bridgehead atoms. The molecule has 0 amide bonds. The van der Waals surface area contributed by atoms with Gasteiger partial charge in [0.1, 0.15) is 0 Å². The molecule has 2 rings (SSSR count). The standard InChI is InChI=1S/C8H6S2.Ru/c1-3-7(9-5-1)8-4-2-6-10-8;/h1-6H;. The Kier molecular flexibility index (Phi) is 3.44. The third kappa shape index (κ3) is 1.99. The van der Waals surface area contributed by atoms with Crippen molar-refractivity contribution in [2.24, 2.45) is 0 Å². The summed E-state index contributed by atoms with van der Waals surface area (Å²) in [6, 6.07) is 8.46. The van der Waals surface area contributed by atoms with Crippen molar-refractivity contribution in [1.29, 1.82) is 0 Å². The second kappa shape index (κ2) is 4.15. The molecule has 3 heteroatoms. The molecule has 0 aromatic carbocycles. The molecular weight excluding hydrogens is 261 g/mol. The fourth-order valence-electron chi connectivity index (χ4n) is 0.838. The topological polar surface area (TPSA) is 0 Å². The molecule has 0 aliphatic carbocycles. The predicted octanol–water partition coefficient (Wildman–Crippen LogP) is 3.47. The van der Waals surface area contributed by atoms with Crippen LogP contribution >= 0.6 is 22.7 Å². The van der Waals surface area contributed by atoms with Gasteiger partial charge in [0.15, 0.2) is 0 Å². The molecule has 11 heavy (non-hydrogen) atoms. The van der Waals surface area contributed by atoms with E-state index < -0.39 is 0 Å². The normalized spacial score (nSPS) is 9.09. The van der Waals surface area contributed by atoms with Crippen LogP contribution in [0.1, 0.15) is 0 Å². The Bertz CT molecular complexity index is 252. The molecule has 0 N–H and O–H groups in total. The molecule has 0 atom stereocenters. The third-order valence-corrected chi connectivity index (χ3v) is 3.22. The third-order valence-electron chi connectivity index (χ3n) is 1.29. The van der Waals surface area contributed by atoms with Crippen molar-refractivity contribution in [2.45, 2.75) is 0 Å². The summed E-state index contributed by atoms with van der Waals surface area (Å²) in [6.45, 7) is 0. The van der Waals surface area contributed by atoms with Crippen molar-refractivity contribution in [3.05, 3.63) is 35.0 Å². The zero-order chi connectivity index (χ0) is 6.81. The van der Waals surface area contributed by atoms with Gasteiger partial charge in [0.2, 0.25) is 0 Å². The van der Waals surface area contributed by atoms with Crippen LogP contribution in [0.5, 0.6) is 0 Å². The van der Waals surface area contributed by atoms with Crippen LogP contribution in [0.4, 0.5) is 0 Å². The smallest absolute Gasteiger partial charge is 0.0442 e. The molecular formula is C8H6RuS2. The van der Waals surface area contributed by atoms with E-state index in [-0.39, 0.29) is 19.5 Å². The SMILES string of the molecule is [Ru].c1csc(-c2cccs2)c1. The molecule has 58 valence electrons. The molecule has 0 spiro atoms. The summed E-state index contributed by atoms with van der Waals surface area (Å²) in [4.78, 5) is 2.74. The van der Waals surface area contributed by atoms with Gasteiger partial charge < -0.3 is 0 Å². The summed E-state index contributed by atoms with van der Waals surface area (Å²) in [6.07, 6.45) is 0. The Morgan fingerprint density at radius 3 is 1.55 bits per heavy atom. The maximum absolute atomic E-state index is 2.15. The van der Waals surface area contributed by atoms with E-state index in [1.807, 2.05) is 0 Å². The van der Waals surface area contributed by atoms with E-state index in [4.69, 9.17) is 0 Å². The molecule has 0 saturated heterocycles.